The molecule has 4 aromatic rings. The quantitative estimate of drug-likeness (QED) is 0.371. The van der Waals surface area contributed by atoms with Gasteiger partial charge in [0.05, 0.1) is 24.3 Å². The topological polar surface area (TPSA) is 78.5 Å². The molecule has 6 rings (SSSR count). The van der Waals surface area contributed by atoms with Gasteiger partial charge >= 0.3 is 0 Å². The summed E-state index contributed by atoms with van der Waals surface area (Å²) in [5.41, 5.74) is 6.51. The van der Waals surface area contributed by atoms with Gasteiger partial charge in [-0.2, -0.15) is 5.26 Å². The van der Waals surface area contributed by atoms with Crippen LogP contribution < -0.4 is 4.74 Å². The van der Waals surface area contributed by atoms with Crippen LogP contribution in [-0.4, -0.2) is 23.4 Å². The summed E-state index contributed by atoms with van der Waals surface area (Å²) in [6.07, 6.45) is 5.85. The minimum absolute atomic E-state index is 0.204. The van der Waals surface area contributed by atoms with Gasteiger partial charge in [0.15, 0.2) is 0 Å². The maximum atomic E-state index is 12.7. The maximum absolute atomic E-state index is 12.7. The number of hydrogen-bond donors (Lipinski definition) is 1. The fraction of sp³-hybridized carbons (Fsp3) is 0.219. The third kappa shape index (κ3) is 3.91. The van der Waals surface area contributed by atoms with Crippen molar-refractivity contribution in [2.75, 3.05) is 7.11 Å². The van der Waals surface area contributed by atoms with E-state index in [0.717, 1.165) is 50.7 Å². The van der Waals surface area contributed by atoms with Crippen LogP contribution >= 0.6 is 0 Å². The highest BCUT2D eigenvalue weighted by atomic mass is 16.5. The summed E-state index contributed by atoms with van der Waals surface area (Å²) in [6, 6.07) is 24.4. The van der Waals surface area contributed by atoms with E-state index in [0.29, 0.717) is 24.3 Å². The molecule has 0 radical (unpaired) electrons. The van der Waals surface area contributed by atoms with Crippen LogP contribution in [0.5, 0.6) is 5.88 Å². The van der Waals surface area contributed by atoms with E-state index in [-0.39, 0.29) is 5.92 Å². The van der Waals surface area contributed by atoms with Gasteiger partial charge in [0.2, 0.25) is 5.88 Å². The number of pyridine rings is 1. The van der Waals surface area contributed by atoms with E-state index in [4.69, 9.17) is 9.72 Å². The van der Waals surface area contributed by atoms with Crippen LogP contribution in [0.25, 0.3) is 22.0 Å². The van der Waals surface area contributed by atoms with Crippen LogP contribution in [0.2, 0.25) is 0 Å². The van der Waals surface area contributed by atoms with Crippen molar-refractivity contribution in [3.05, 3.63) is 106 Å². The number of ether oxygens (including phenoxy) is 1. The van der Waals surface area contributed by atoms with E-state index in [1.807, 2.05) is 48.7 Å². The summed E-state index contributed by atoms with van der Waals surface area (Å²) >= 11 is 0. The summed E-state index contributed by atoms with van der Waals surface area (Å²) in [5, 5.41) is 23.4. The van der Waals surface area contributed by atoms with E-state index in [1.165, 1.54) is 5.56 Å². The Morgan fingerprint density at radius 2 is 1.86 bits per heavy atom. The number of methoxy groups -OCH3 is 1. The highest BCUT2D eigenvalue weighted by Gasteiger charge is 2.38. The summed E-state index contributed by atoms with van der Waals surface area (Å²) in [6.45, 7) is 2.10. The lowest BCUT2D eigenvalue weighted by molar-refractivity contribution is 0.115. The van der Waals surface area contributed by atoms with Gasteiger partial charge in [0, 0.05) is 23.9 Å². The number of aromatic nitrogens is 1. The summed E-state index contributed by atoms with van der Waals surface area (Å²) < 4.78 is 5.54. The molecule has 1 N–H and O–H groups in total. The molecule has 2 unspecified atom stereocenters. The normalized spacial score (nSPS) is 20.4. The number of aryl methyl sites for hydroxylation is 2. The van der Waals surface area contributed by atoms with Crippen LogP contribution in [0.4, 0.5) is 0 Å². The van der Waals surface area contributed by atoms with Crippen molar-refractivity contribution < 1.29 is 9.84 Å². The first-order valence-corrected chi connectivity index (χ1v) is 12.6. The Bertz CT molecular complexity index is 1650. The Labute approximate surface area is 216 Å². The number of aliphatic hydroxyl groups is 1. The van der Waals surface area contributed by atoms with E-state index in [9.17, 15) is 10.4 Å². The second-order valence-corrected chi connectivity index (χ2v) is 9.97. The largest absolute Gasteiger partial charge is 0.481 e. The fourth-order valence-corrected chi connectivity index (χ4v) is 5.59. The molecule has 1 aromatic heterocycles. The number of hydrogen-bond acceptors (Lipinski definition) is 5. The van der Waals surface area contributed by atoms with Crippen molar-refractivity contribution in [2.45, 2.75) is 31.8 Å². The first-order valence-electron chi connectivity index (χ1n) is 12.6. The molecular formula is C32H27N3O2. The predicted octanol–water partition coefficient (Wildman–Crippen LogP) is 6.11. The van der Waals surface area contributed by atoms with Gasteiger partial charge in [-0.1, -0.05) is 49.4 Å². The molecule has 0 saturated carbocycles. The first kappa shape index (κ1) is 23.1. The average Bonchev–Trinajstić information content (AvgIpc) is 2.94. The molecule has 2 aliphatic rings. The van der Waals surface area contributed by atoms with Crippen molar-refractivity contribution in [1.82, 2.24) is 4.98 Å². The highest BCUT2D eigenvalue weighted by molar-refractivity contribution is 5.96. The molecule has 1 aliphatic carbocycles. The van der Waals surface area contributed by atoms with Crippen molar-refractivity contribution in [3.8, 4) is 23.1 Å². The molecule has 2 atom stereocenters. The minimum Gasteiger partial charge on any atom is -0.481 e. The Morgan fingerprint density at radius 3 is 2.68 bits per heavy atom. The SMILES string of the molecule is COc1cc2c3cc(ccc3n1)C(O)(C1=CN=CC(C)C1)c1ccc(C#N)c(c1)CCc1cccc-2c1. The van der Waals surface area contributed by atoms with Gasteiger partial charge < -0.3 is 9.84 Å². The number of fused-ring (bicyclic) bond motifs is 6. The molecule has 6 bridgehead atoms. The molecule has 0 amide bonds. The van der Waals surface area contributed by atoms with Crippen molar-refractivity contribution >= 4 is 17.1 Å². The lowest BCUT2D eigenvalue weighted by Crippen LogP contribution is -2.32. The molecule has 0 fully saturated rings. The molecule has 182 valence electrons. The van der Waals surface area contributed by atoms with Gasteiger partial charge in [0.25, 0.3) is 0 Å². The number of nitrogens with zero attached hydrogens (tertiary/aromatic N) is 3. The Kier molecular flexibility index (Phi) is 5.62. The highest BCUT2D eigenvalue weighted by Crippen LogP contribution is 2.43. The second kappa shape index (κ2) is 8.99. The zero-order valence-corrected chi connectivity index (χ0v) is 20.9. The maximum Gasteiger partial charge on any atom is 0.214 e. The van der Waals surface area contributed by atoms with Crippen LogP contribution in [0.1, 0.15) is 41.2 Å². The Hall–Kier alpha value is -4.27. The van der Waals surface area contributed by atoms with Crippen LogP contribution in [0.15, 0.2) is 83.5 Å². The molecule has 0 saturated heterocycles. The zero-order valence-electron chi connectivity index (χ0n) is 20.9. The summed E-state index contributed by atoms with van der Waals surface area (Å²) in [7, 11) is 1.63. The van der Waals surface area contributed by atoms with E-state index >= 15 is 0 Å². The van der Waals surface area contributed by atoms with E-state index in [1.54, 1.807) is 13.3 Å². The summed E-state index contributed by atoms with van der Waals surface area (Å²) in [5.74, 6) is 0.749. The third-order valence-electron chi connectivity index (χ3n) is 7.55. The molecule has 1 aliphatic heterocycles. The van der Waals surface area contributed by atoms with Crippen LogP contribution in [-0.2, 0) is 18.4 Å². The van der Waals surface area contributed by atoms with Crippen molar-refractivity contribution in [1.29, 1.82) is 5.26 Å². The molecule has 3 aromatic carbocycles. The number of aliphatic imine (C=N–C) groups is 1. The lowest BCUT2D eigenvalue weighted by atomic mass is 9.75. The van der Waals surface area contributed by atoms with Gasteiger partial charge in [-0.25, -0.2) is 4.98 Å². The van der Waals surface area contributed by atoms with Gasteiger partial charge in [0.1, 0.15) is 5.60 Å². The van der Waals surface area contributed by atoms with Gasteiger partial charge in [-0.15, -0.1) is 0 Å². The first-order chi connectivity index (χ1) is 18.0. The number of nitriles is 1. The molecule has 5 nitrogen and oxygen atoms in total. The fourth-order valence-electron chi connectivity index (χ4n) is 5.59. The van der Waals surface area contributed by atoms with E-state index in [2.05, 4.69) is 42.3 Å². The van der Waals surface area contributed by atoms with Gasteiger partial charge in [-0.3, -0.25) is 4.99 Å². The minimum atomic E-state index is -1.41. The van der Waals surface area contributed by atoms with Crippen molar-refractivity contribution in [3.63, 3.8) is 0 Å². The van der Waals surface area contributed by atoms with Crippen molar-refractivity contribution in [2.24, 2.45) is 10.9 Å². The van der Waals surface area contributed by atoms with Crippen LogP contribution in [0, 0.1) is 17.2 Å². The predicted molar refractivity (Wildman–Crippen MR) is 146 cm³/mol. The van der Waals surface area contributed by atoms with Crippen LogP contribution in [0.3, 0.4) is 0 Å². The third-order valence-corrected chi connectivity index (χ3v) is 7.55. The lowest BCUT2D eigenvalue weighted by Gasteiger charge is -2.34. The molecule has 37 heavy (non-hydrogen) atoms. The molecular weight excluding hydrogens is 458 g/mol. The zero-order chi connectivity index (χ0) is 25.6. The Morgan fingerprint density at radius 1 is 1.03 bits per heavy atom. The summed E-state index contributed by atoms with van der Waals surface area (Å²) in [4.78, 5) is 9.17. The molecule has 0 spiro atoms. The molecule has 5 heteroatoms. The number of benzene rings is 3. The monoisotopic (exact) mass is 485 g/mol. The van der Waals surface area contributed by atoms with Gasteiger partial charge in [-0.05, 0) is 82.3 Å². The average molecular weight is 486 g/mol. The smallest absolute Gasteiger partial charge is 0.214 e. The Balaban J connectivity index is 1.70. The standard InChI is InChI=1S/C32H27N3O2/c1-20-12-27(19-34-18-20)32(36)25-9-8-24(17-33)22(14-25)7-6-21-4-3-5-23(13-21)28-16-31(37-2)35-30-11-10-26(32)15-29(28)30/h3-5,8-11,13-16,18-20,36H,6-7,12H2,1-2H3. The van der Waals surface area contributed by atoms with E-state index < -0.39 is 5.60 Å². The number of rotatable bonds is 2. The molecule has 2 heterocycles. The second-order valence-electron chi connectivity index (χ2n) is 9.97.